The van der Waals surface area contributed by atoms with Crippen LogP contribution >= 0.6 is 0 Å². The second-order valence-corrected chi connectivity index (χ2v) is 5.90. The van der Waals surface area contributed by atoms with Gasteiger partial charge in [0.2, 0.25) is 5.91 Å². The molecular weight excluding hydrogens is 364 g/mol. The summed E-state index contributed by atoms with van der Waals surface area (Å²) >= 11 is 0. The normalized spacial score (nSPS) is 10.9. The number of non-ortho nitro benzene ring substituents is 1. The van der Waals surface area contributed by atoms with Crippen molar-refractivity contribution in [3.63, 3.8) is 0 Å². The molecule has 2 aromatic carbocycles. The fourth-order valence-corrected chi connectivity index (χ4v) is 2.25. The zero-order valence-electron chi connectivity index (χ0n) is 15.5. The van der Waals surface area contributed by atoms with E-state index in [1.165, 1.54) is 18.2 Å². The summed E-state index contributed by atoms with van der Waals surface area (Å²) in [5.74, 6) is -0.110. The molecule has 9 nitrogen and oxygen atoms in total. The van der Waals surface area contributed by atoms with Crippen molar-refractivity contribution in [2.24, 2.45) is 5.10 Å². The summed E-state index contributed by atoms with van der Waals surface area (Å²) in [7, 11) is 1.58. The van der Waals surface area contributed by atoms with Crippen molar-refractivity contribution in [1.29, 1.82) is 0 Å². The van der Waals surface area contributed by atoms with Crippen LogP contribution in [0.3, 0.4) is 0 Å². The lowest BCUT2D eigenvalue weighted by Crippen LogP contribution is -2.26. The summed E-state index contributed by atoms with van der Waals surface area (Å²) in [5, 5.41) is 17.4. The quantitative estimate of drug-likeness (QED) is 0.411. The lowest BCUT2D eigenvalue weighted by atomic mass is 10.2. The van der Waals surface area contributed by atoms with Crippen LogP contribution in [0.15, 0.2) is 53.6 Å². The number of hydrazone groups is 1. The molecule has 0 aromatic heterocycles. The highest BCUT2D eigenvalue weighted by atomic mass is 16.6. The number of hydrogen-bond acceptors (Lipinski definition) is 6. The molecule has 0 aliphatic heterocycles. The first kappa shape index (κ1) is 20.6. The van der Waals surface area contributed by atoms with Gasteiger partial charge in [0.1, 0.15) is 5.75 Å². The predicted molar refractivity (Wildman–Crippen MR) is 103 cm³/mol. The largest absolute Gasteiger partial charge is 0.497 e. The number of rotatable bonds is 8. The molecule has 2 N–H and O–H groups in total. The van der Waals surface area contributed by atoms with E-state index in [1.54, 1.807) is 26.2 Å². The summed E-state index contributed by atoms with van der Waals surface area (Å²) in [4.78, 5) is 34.2. The van der Waals surface area contributed by atoms with Gasteiger partial charge in [-0.1, -0.05) is 18.2 Å². The lowest BCUT2D eigenvalue weighted by Gasteiger charge is -2.07. The van der Waals surface area contributed by atoms with E-state index in [4.69, 9.17) is 4.74 Å². The van der Waals surface area contributed by atoms with Gasteiger partial charge in [-0.3, -0.25) is 19.7 Å². The van der Waals surface area contributed by atoms with Crippen molar-refractivity contribution in [3.05, 3.63) is 69.8 Å². The molecule has 0 atom stereocenters. The minimum atomic E-state index is -0.596. The minimum absolute atomic E-state index is 0.00533. The van der Waals surface area contributed by atoms with Gasteiger partial charge in [-0.2, -0.15) is 5.10 Å². The van der Waals surface area contributed by atoms with Gasteiger partial charge >= 0.3 is 0 Å². The number of carbonyl (C=O) groups excluding carboxylic acids is 2. The maximum Gasteiger partial charge on any atom is 0.271 e. The number of nitrogens with one attached hydrogen (secondary N) is 2. The molecular formula is C19H20N4O5. The molecule has 0 unspecified atom stereocenters. The van der Waals surface area contributed by atoms with Gasteiger partial charge in [0.25, 0.3) is 11.6 Å². The number of ether oxygens (including phenoxy) is 1. The van der Waals surface area contributed by atoms with E-state index in [2.05, 4.69) is 15.8 Å². The Labute approximate surface area is 161 Å². The zero-order chi connectivity index (χ0) is 20.5. The number of nitrogens with zero attached hydrogens (tertiary/aromatic N) is 2. The summed E-state index contributed by atoms with van der Waals surface area (Å²) in [6.45, 7) is 1.96. The monoisotopic (exact) mass is 384 g/mol. The molecule has 9 heteroatoms. The van der Waals surface area contributed by atoms with Gasteiger partial charge in [-0.05, 0) is 30.7 Å². The smallest absolute Gasteiger partial charge is 0.271 e. The van der Waals surface area contributed by atoms with E-state index in [0.29, 0.717) is 12.3 Å². The Kier molecular flexibility index (Phi) is 7.21. The standard InChI is InChI=1S/C19H20N4O5/c1-13(10-18(24)20-12-14-6-8-17(28-2)9-7-14)21-22-19(25)15-4-3-5-16(11-15)23(26)27/h3-9,11H,10,12H2,1-2H3,(H,20,24)(H,22,25)/b21-13-. The number of amides is 2. The summed E-state index contributed by atoms with van der Waals surface area (Å²) in [5.41, 5.74) is 3.52. The summed E-state index contributed by atoms with van der Waals surface area (Å²) in [6.07, 6.45) is 0.00533. The van der Waals surface area contributed by atoms with Crippen molar-refractivity contribution in [1.82, 2.24) is 10.7 Å². The first-order valence-electron chi connectivity index (χ1n) is 8.36. The molecule has 0 heterocycles. The molecule has 0 fully saturated rings. The first-order valence-corrected chi connectivity index (χ1v) is 8.36. The number of benzene rings is 2. The molecule has 0 bridgehead atoms. The Hall–Kier alpha value is -3.75. The molecule has 2 rings (SSSR count). The molecule has 2 amide bonds. The molecule has 0 aliphatic carbocycles. The van der Waals surface area contributed by atoms with E-state index >= 15 is 0 Å². The maximum atomic E-state index is 12.0. The van der Waals surface area contributed by atoms with Crippen molar-refractivity contribution < 1.29 is 19.2 Å². The average molecular weight is 384 g/mol. The molecule has 146 valence electrons. The molecule has 0 aliphatic rings. The second kappa shape index (κ2) is 9.81. The molecule has 2 aromatic rings. The fourth-order valence-electron chi connectivity index (χ4n) is 2.25. The number of carbonyl (C=O) groups is 2. The van der Waals surface area contributed by atoms with Crippen LogP contribution in [0.25, 0.3) is 0 Å². The predicted octanol–water partition coefficient (Wildman–Crippen LogP) is 2.42. The van der Waals surface area contributed by atoms with Crippen molar-refractivity contribution >= 4 is 23.2 Å². The van der Waals surface area contributed by atoms with E-state index in [-0.39, 0.29) is 23.6 Å². The van der Waals surface area contributed by atoms with E-state index in [0.717, 1.165) is 17.4 Å². The highest BCUT2D eigenvalue weighted by Gasteiger charge is 2.11. The van der Waals surface area contributed by atoms with E-state index < -0.39 is 10.8 Å². The van der Waals surface area contributed by atoms with Crippen LogP contribution in [0.2, 0.25) is 0 Å². The van der Waals surface area contributed by atoms with Crippen LogP contribution in [0.4, 0.5) is 5.69 Å². The second-order valence-electron chi connectivity index (χ2n) is 5.90. The Morgan fingerprint density at radius 3 is 2.54 bits per heavy atom. The number of hydrogen-bond donors (Lipinski definition) is 2. The summed E-state index contributed by atoms with van der Waals surface area (Å²) < 4.78 is 5.07. The van der Waals surface area contributed by atoms with Crippen LogP contribution in [0, 0.1) is 10.1 Å². The van der Waals surface area contributed by atoms with E-state index in [1.807, 2.05) is 12.1 Å². The Morgan fingerprint density at radius 1 is 1.18 bits per heavy atom. The zero-order valence-corrected chi connectivity index (χ0v) is 15.5. The maximum absolute atomic E-state index is 12.0. The van der Waals surface area contributed by atoms with Gasteiger partial charge in [0, 0.05) is 30.0 Å². The van der Waals surface area contributed by atoms with Crippen molar-refractivity contribution in [3.8, 4) is 5.75 Å². The average Bonchev–Trinajstić information content (AvgIpc) is 2.71. The van der Waals surface area contributed by atoms with Crippen LogP contribution in [-0.4, -0.2) is 29.6 Å². The molecule has 0 saturated heterocycles. The fraction of sp³-hybridized carbons (Fsp3) is 0.211. The third-order valence-corrected chi connectivity index (χ3v) is 3.73. The van der Waals surface area contributed by atoms with Crippen molar-refractivity contribution in [2.75, 3.05) is 7.11 Å². The van der Waals surface area contributed by atoms with Crippen LogP contribution < -0.4 is 15.5 Å². The van der Waals surface area contributed by atoms with Crippen LogP contribution in [0.1, 0.15) is 29.3 Å². The highest BCUT2D eigenvalue weighted by Crippen LogP contribution is 2.13. The SMILES string of the molecule is COc1ccc(CNC(=O)C/C(C)=N\NC(=O)c2cccc([N+](=O)[O-])c2)cc1. The highest BCUT2D eigenvalue weighted by molar-refractivity contribution is 6.01. The Morgan fingerprint density at radius 2 is 1.89 bits per heavy atom. The number of nitro benzene ring substituents is 1. The topological polar surface area (TPSA) is 123 Å². The first-order chi connectivity index (χ1) is 13.4. The molecule has 28 heavy (non-hydrogen) atoms. The molecule has 0 radical (unpaired) electrons. The molecule has 0 saturated carbocycles. The Balaban J connectivity index is 1.83. The minimum Gasteiger partial charge on any atom is -0.497 e. The van der Waals surface area contributed by atoms with Crippen LogP contribution in [0.5, 0.6) is 5.75 Å². The number of methoxy groups -OCH3 is 1. The van der Waals surface area contributed by atoms with Gasteiger partial charge in [0.05, 0.1) is 18.5 Å². The lowest BCUT2D eigenvalue weighted by molar-refractivity contribution is -0.384. The third-order valence-electron chi connectivity index (χ3n) is 3.73. The van der Waals surface area contributed by atoms with Gasteiger partial charge < -0.3 is 10.1 Å². The van der Waals surface area contributed by atoms with Crippen LogP contribution in [-0.2, 0) is 11.3 Å². The third kappa shape index (κ3) is 6.20. The van der Waals surface area contributed by atoms with Gasteiger partial charge in [0.15, 0.2) is 0 Å². The van der Waals surface area contributed by atoms with Gasteiger partial charge in [-0.15, -0.1) is 0 Å². The van der Waals surface area contributed by atoms with Crippen molar-refractivity contribution in [2.45, 2.75) is 19.9 Å². The summed E-state index contributed by atoms with van der Waals surface area (Å²) in [6, 6.07) is 12.6. The van der Waals surface area contributed by atoms with Gasteiger partial charge in [-0.25, -0.2) is 5.43 Å². The van der Waals surface area contributed by atoms with E-state index in [9.17, 15) is 19.7 Å². The number of nitro groups is 1. The Bertz CT molecular complexity index is 893. The molecule has 0 spiro atoms.